The molecule has 4 N–H and O–H groups in total. The molecule has 0 aliphatic rings. The van der Waals surface area contributed by atoms with Crippen LogP contribution in [0.15, 0.2) is 91.0 Å². The van der Waals surface area contributed by atoms with Crippen LogP contribution in [0.25, 0.3) is 0 Å². The van der Waals surface area contributed by atoms with Crippen molar-refractivity contribution in [1.29, 1.82) is 0 Å². The normalized spacial score (nSPS) is 14.8. The van der Waals surface area contributed by atoms with Gasteiger partial charge >= 0.3 is 0 Å². The minimum Gasteiger partial charge on any atom is -0.473 e. The van der Waals surface area contributed by atoms with E-state index in [4.69, 9.17) is 10.5 Å². The van der Waals surface area contributed by atoms with Crippen LogP contribution in [0.1, 0.15) is 30.9 Å². The predicted octanol–water partition coefficient (Wildman–Crippen LogP) is 4.06. The van der Waals surface area contributed by atoms with Crippen LogP contribution < -0.4 is 10.5 Å². The Bertz CT molecular complexity index is 816. The Morgan fingerprint density at radius 2 is 1.28 bits per heavy atom. The number of aliphatic hydroxyl groups excluding tert-OH is 1. The molecule has 0 aliphatic heterocycles. The van der Waals surface area contributed by atoms with E-state index < -0.39 is 17.9 Å². The van der Waals surface area contributed by atoms with Gasteiger partial charge in [0.2, 0.25) is 0 Å². The first kappa shape index (κ1) is 21.1. The number of para-hydroxylation sites is 1. The molecule has 0 heterocycles. The van der Waals surface area contributed by atoms with E-state index in [0.717, 1.165) is 11.1 Å². The Morgan fingerprint density at radius 1 is 0.828 bits per heavy atom. The quantitative estimate of drug-likeness (QED) is 0.481. The molecule has 0 aromatic heterocycles. The smallest absolute Gasteiger partial charge is 0.173 e. The summed E-state index contributed by atoms with van der Waals surface area (Å²) in [7, 11) is 0. The van der Waals surface area contributed by atoms with Gasteiger partial charge < -0.3 is 14.9 Å². The van der Waals surface area contributed by atoms with Crippen LogP contribution >= 0.6 is 0 Å². The van der Waals surface area contributed by atoms with E-state index in [-0.39, 0.29) is 5.92 Å². The molecule has 3 rings (SSSR count). The monoisotopic (exact) mass is 391 g/mol. The molecule has 0 saturated carbocycles. The summed E-state index contributed by atoms with van der Waals surface area (Å²) in [5, 5.41) is 22.2. The van der Waals surface area contributed by atoms with Gasteiger partial charge in [0.15, 0.2) is 6.23 Å². The standard InChI is InChI=1S/C25H29NO3/c1-19(17-23(27)24(26)29-22-15-9-4-10-16-22)18-25(28,20-11-5-2-6-12-20)21-13-7-3-8-14-21/h2-16,19,23-24,27-28H,17-18,26H2,1H3/t19?,23-,24?/m0/s1. The van der Waals surface area contributed by atoms with Crippen molar-refractivity contribution in [2.45, 2.75) is 37.7 Å². The third-order valence-electron chi connectivity index (χ3n) is 5.19. The second-order valence-corrected chi connectivity index (χ2v) is 7.60. The lowest BCUT2D eigenvalue weighted by molar-refractivity contribution is 0.00675. The molecule has 0 radical (unpaired) electrons. The first-order valence-corrected chi connectivity index (χ1v) is 9.98. The number of nitrogens with two attached hydrogens (primary N) is 1. The van der Waals surface area contributed by atoms with Crippen molar-refractivity contribution >= 4 is 0 Å². The molecule has 3 aromatic carbocycles. The van der Waals surface area contributed by atoms with Gasteiger partial charge in [-0.3, -0.25) is 5.73 Å². The number of benzene rings is 3. The maximum Gasteiger partial charge on any atom is 0.173 e. The summed E-state index contributed by atoms with van der Waals surface area (Å²) in [5.74, 6) is 0.623. The lowest BCUT2D eigenvalue weighted by Crippen LogP contribution is -2.41. The Hall–Kier alpha value is -2.66. The minimum absolute atomic E-state index is 0.000774. The summed E-state index contributed by atoms with van der Waals surface area (Å²) in [5.41, 5.74) is 6.56. The third kappa shape index (κ3) is 5.45. The van der Waals surface area contributed by atoms with E-state index in [0.29, 0.717) is 18.6 Å². The summed E-state index contributed by atoms with van der Waals surface area (Å²) in [6.07, 6.45) is -0.811. The Kier molecular flexibility index (Phi) is 7.04. The van der Waals surface area contributed by atoms with Crippen molar-refractivity contribution in [1.82, 2.24) is 0 Å². The predicted molar refractivity (Wildman–Crippen MR) is 115 cm³/mol. The molecule has 0 amide bonds. The van der Waals surface area contributed by atoms with Crippen molar-refractivity contribution in [3.05, 3.63) is 102 Å². The summed E-state index contributed by atoms with van der Waals surface area (Å²) in [6.45, 7) is 2.01. The van der Waals surface area contributed by atoms with Crippen molar-refractivity contribution in [3.63, 3.8) is 0 Å². The van der Waals surface area contributed by atoms with Gasteiger partial charge in [-0.1, -0.05) is 85.8 Å². The first-order valence-electron chi connectivity index (χ1n) is 9.98. The van der Waals surface area contributed by atoms with Crippen molar-refractivity contribution in [2.24, 2.45) is 11.7 Å². The number of hydrogen-bond acceptors (Lipinski definition) is 4. The lowest BCUT2D eigenvalue weighted by Gasteiger charge is -2.33. The number of hydrogen-bond donors (Lipinski definition) is 3. The molecule has 4 nitrogen and oxygen atoms in total. The maximum atomic E-state index is 11.7. The molecule has 0 fully saturated rings. The number of aliphatic hydroxyl groups is 2. The molecule has 0 aliphatic carbocycles. The lowest BCUT2D eigenvalue weighted by atomic mass is 9.78. The van der Waals surface area contributed by atoms with Crippen LogP contribution in [0.2, 0.25) is 0 Å². The second kappa shape index (κ2) is 9.70. The van der Waals surface area contributed by atoms with Gasteiger partial charge in [-0.15, -0.1) is 0 Å². The largest absolute Gasteiger partial charge is 0.473 e. The molecule has 3 aromatic rings. The summed E-state index contributed by atoms with van der Waals surface area (Å²) in [6, 6.07) is 28.5. The van der Waals surface area contributed by atoms with Gasteiger partial charge in [0.25, 0.3) is 0 Å². The van der Waals surface area contributed by atoms with Crippen molar-refractivity contribution in [2.75, 3.05) is 0 Å². The zero-order chi connectivity index (χ0) is 20.7. The fourth-order valence-electron chi connectivity index (χ4n) is 3.70. The van der Waals surface area contributed by atoms with Crippen LogP contribution in [0, 0.1) is 5.92 Å². The van der Waals surface area contributed by atoms with Crippen molar-refractivity contribution < 1.29 is 14.9 Å². The van der Waals surface area contributed by atoms with E-state index in [1.54, 1.807) is 12.1 Å². The van der Waals surface area contributed by atoms with Gasteiger partial charge in [-0.2, -0.15) is 0 Å². The summed E-state index contributed by atoms with van der Waals surface area (Å²) >= 11 is 0. The molecule has 0 saturated heterocycles. The van der Waals surface area contributed by atoms with Crippen LogP contribution in [-0.2, 0) is 5.60 Å². The Balaban J connectivity index is 1.71. The number of ether oxygens (including phenoxy) is 1. The van der Waals surface area contributed by atoms with Gasteiger partial charge in [-0.25, -0.2) is 0 Å². The van der Waals surface area contributed by atoms with Crippen LogP contribution in [-0.4, -0.2) is 22.5 Å². The topological polar surface area (TPSA) is 75.7 Å². The highest BCUT2D eigenvalue weighted by Crippen LogP contribution is 2.36. The van der Waals surface area contributed by atoms with Crippen LogP contribution in [0.4, 0.5) is 0 Å². The molecule has 152 valence electrons. The zero-order valence-corrected chi connectivity index (χ0v) is 16.7. The van der Waals surface area contributed by atoms with Crippen LogP contribution in [0.3, 0.4) is 0 Å². The average Bonchev–Trinajstić information content (AvgIpc) is 2.75. The van der Waals surface area contributed by atoms with Gasteiger partial charge in [-0.05, 0) is 42.0 Å². The zero-order valence-electron chi connectivity index (χ0n) is 16.7. The molecule has 2 unspecified atom stereocenters. The number of rotatable bonds is 9. The maximum absolute atomic E-state index is 11.7. The average molecular weight is 392 g/mol. The summed E-state index contributed by atoms with van der Waals surface area (Å²) < 4.78 is 5.64. The Labute approximate surface area is 172 Å². The minimum atomic E-state index is -1.15. The summed E-state index contributed by atoms with van der Waals surface area (Å²) in [4.78, 5) is 0. The van der Waals surface area contributed by atoms with Gasteiger partial charge in [0, 0.05) is 0 Å². The van der Waals surface area contributed by atoms with Crippen LogP contribution in [0.5, 0.6) is 5.75 Å². The first-order chi connectivity index (χ1) is 14.0. The van der Waals surface area contributed by atoms with Gasteiger partial charge in [0.1, 0.15) is 17.5 Å². The van der Waals surface area contributed by atoms with Gasteiger partial charge in [0.05, 0.1) is 0 Å². The highest BCUT2D eigenvalue weighted by atomic mass is 16.5. The molecule has 4 heteroatoms. The molecular formula is C25H29NO3. The molecular weight excluding hydrogens is 362 g/mol. The fraction of sp³-hybridized carbons (Fsp3) is 0.280. The van der Waals surface area contributed by atoms with E-state index in [9.17, 15) is 10.2 Å². The Morgan fingerprint density at radius 3 is 1.76 bits per heavy atom. The van der Waals surface area contributed by atoms with E-state index >= 15 is 0 Å². The highest BCUT2D eigenvalue weighted by molar-refractivity contribution is 5.35. The van der Waals surface area contributed by atoms with E-state index in [2.05, 4.69) is 0 Å². The SMILES string of the molecule is CC(C[C@H](O)C(N)Oc1ccccc1)CC(O)(c1ccccc1)c1ccccc1. The third-order valence-corrected chi connectivity index (χ3v) is 5.19. The second-order valence-electron chi connectivity index (χ2n) is 7.60. The highest BCUT2D eigenvalue weighted by Gasteiger charge is 2.34. The van der Waals surface area contributed by atoms with E-state index in [1.165, 1.54) is 0 Å². The molecule has 3 atom stereocenters. The molecule has 0 bridgehead atoms. The molecule has 0 spiro atoms. The van der Waals surface area contributed by atoms with E-state index in [1.807, 2.05) is 85.8 Å². The molecule has 29 heavy (non-hydrogen) atoms. The fourth-order valence-corrected chi connectivity index (χ4v) is 3.70. The van der Waals surface area contributed by atoms with Crippen molar-refractivity contribution in [3.8, 4) is 5.75 Å².